The Hall–Kier alpha value is -0.530. The summed E-state index contributed by atoms with van der Waals surface area (Å²) in [4.78, 5) is 13.9. The molecule has 2 fully saturated rings. The van der Waals surface area contributed by atoms with E-state index >= 15 is 0 Å². The number of likely N-dealkylation sites (tertiary alicyclic amines) is 1. The molecule has 0 unspecified atom stereocenters. The first-order valence-corrected chi connectivity index (χ1v) is 6.31. The molecule has 15 heavy (non-hydrogen) atoms. The van der Waals surface area contributed by atoms with Gasteiger partial charge in [0.1, 0.15) is 0 Å². The molecule has 0 aromatic rings. The Balaban J connectivity index is 1.85. The topological polar surface area (TPSA) is 20.3 Å². The average molecular weight is 209 g/mol. The zero-order valence-electron chi connectivity index (χ0n) is 10.3. The molecule has 2 aliphatic rings. The van der Waals surface area contributed by atoms with Crippen LogP contribution in [-0.4, -0.2) is 23.9 Å². The van der Waals surface area contributed by atoms with Gasteiger partial charge in [-0.2, -0.15) is 0 Å². The van der Waals surface area contributed by atoms with Crippen LogP contribution < -0.4 is 0 Å². The van der Waals surface area contributed by atoms with Crippen molar-refractivity contribution in [2.24, 2.45) is 17.3 Å². The highest BCUT2D eigenvalue weighted by Gasteiger charge is 2.44. The highest BCUT2D eigenvalue weighted by Crippen LogP contribution is 2.52. The molecule has 1 spiro atoms. The van der Waals surface area contributed by atoms with Crippen LogP contribution in [-0.2, 0) is 4.79 Å². The van der Waals surface area contributed by atoms with Crippen LogP contribution >= 0.6 is 0 Å². The second-order valence-corrected chi connectivity index (χ2v) is 5.99. The molecule has 0 bridgehead atoms. The minimum Gasteiger partial charge on any atom is -0.342 e. The maximum absolute atomic E-state index is 11.8. The van der Waals surface area contributed by atoms with E-state index in [4.69, 9.17) is 0 Å². The molecule has 1 aliphatic heterocycles. The summed E-state index contributed by atoms with van der Waals surface area (Å²) >= 11 is 0. The van der Waals surface area contributed by atoms with Gasteiger partial charge < -0.3 is 4.90 Å². The van der Waals surface area contributed by atoms with Crippen molar-refractivity contribution in [1.82, 2.24) is 4.90 Å². The molecule has 0 N–H and O–H groups in total. The molecule has 0 atom stereocenters. The van der Waals surface area contributed by atoms with Crippen molar-refractivity contribution in [2.75, 3.05) is 13.1 Å². The van der Waals surface area contributed by atoms with E-state index in [2.05, 4.69) is 11.8 Å². The van der Waals surface area contributed by atoms with Gasteiger partial charge in [0.2, 0.25) is 5.91 Å². The molecule has 2 heteroatoms. The molecule has 0 radical (unpaired) electrons. The highest BCUT2D eigenvalue weighted by molar-refractivity contribution is 5.78. The lowest BCUT2D eigenvalue weighted by Crippen LogP contribution is -2.49. The summed E-state index contributed by atoms with van der Waals surface area (Å²) in [6, 6.07) is 0. The first-order valence-electron chi connectivity index (χ1n) is 6.31. The van der Waals surface area contributed by atoms with E-state index in [1.807, 2.05) is 13.8 Å². The molecule has 2 nitrogen and oxygen atoms in total. The van der Waals surface area contributed by atoms with Crippen molar-refractivity contribution < 1.29 is 4.79 Å². The van der Waals surface area contributed by atoms with Crippen molar-refractivity contribution in [3.63, 3.8) is 0 Å². The smallest absolute Gasteiger partial charge is 0.225 e. The molecule has 2 rings (SSSR count). The Morgan fingerprint density at radius 2 is 1.80 bits per heavy atom. The van der Waals surface area contributed by atoms with Crippen LogP contribution in [0.2, 0.25) is 0 Å². The fraction of sp³-hybridized carbons (Fsp3) is 0.923. The fourth-order valence-electron chi connectivity index (χ4n) is 3.39. The first kappa shape index (κ1) is 11.0. The second kappa shape index (κ2) is 3.80. The molecule has 1 saturated carbocycles. The zero-order valence-corrected chi connectivity index (χ0v) is 10.3. The maximum Gasteiger partial charge on any atom is 0.225 e. The molecule has 0 aromatic carbocycles. The maximum atomic E-state index is 11.8. The minimum absolute atomic E-state index is 0.166. The Morgan fingerprint density at radius 3 is 2.20 bits per heavy atom. The standard InChI is InChI=1S/C13H23NO/c1-10(2)12(15)14-6-4-13(5-7-14)8-11(3)9-13/h10-11H,4-9H2,1-3H3. The van der Waals surface area contributed by atoms with E-state index in [-0.39, 0.29) is 5.92 Å². The average Bonchev–Trinajstić information content (AvgIpc) is 2.16. The van der Waals surface area contributed by atoms with Crippen LogP contribution in [0.15, 0.2) is 0 Å². The van der Waals surface area contributed by atoms with E-state index in [0.29, 0.717) is 11.3 Å². The molecule has 86 valence electrons. The second-order valence-electron chi connectivity index (χ2n) is 5.99. The third kappa shape index (κ3) is 2.04. The minimum atomic E-state index is 0.166. The van der Waals surface area contributed by atoms with E-state index in [1.54, 1.807) is 0 Å². The summed E-state index contributed by atoms with van der Waals surface area (Å²) in [6.07, 6.45) is 5.29. The number of rotatable bonds is 1. The number of piperidine rings is 1. The molecule has 1 heterocycles. The molecular weight excluding hydrogens is 186 g/mol. The summed E-state index contributed by atoms with van der Waals surface area (Å²) in [7, 11) is 0. The van der Waals surface area contributed by atoms with Gasteiger partial charge in [-0.15, -0.1) is 0 Å². The number of amides is 1. The molecule has 0 aromatic heterocycles. The number of hydrogen-bond donors (Lipinski definition) is 0. The summed E-state index contributed by atoms with van der Waals surface area (Å²) in [6.45, 7) is 8.35. The van der Waals surface area contributed by atoms with Crippen LogP contribution in [0.3, 0.4) is 0 Å². The lowest BCUT2D eigenvalue weighted by molar-refractivity contribution is -0.138. The van der Waals surface area contributed by atoms with Gasteiger partial charge in [-0.05, 0) is 37.0 Å². The number of carbonyl (C=O) groups excluding carboxylic acids is 1. The van der Waals surface area contributed by atoms with Crippen LogP contribution in [0.25, 0.3) is 0 Å². The number of carbonyl (C=O) groups is 1. The Bertz CT molecular complexity index is 243. The van der Waals surface area contributed by atoms with Gasteiger partial charge in [0.15, 0.2) is 0 Å². The van der Waals surface area contributed by atoms with Gasteiger partial charge in [-0.1, -0.05) is 20.8 Å². The van der Waals surface area contributed by atoms with Crippen molar-refractivity contribution in [3.05, 3.63) is 0 Å². The quantitative estimate of drug-likeness (QED) is 0.650. The van der Waals surface area contributed by atoms with Crippen LogP contribution in [0, 0.1) is 17.3 Å². The summed E-state index contributed by atoms with van der Waals surface area (Å²) in [5, 5.41) is 0. The van der Waals surface area contributed by atoms with Crippen molar-refractivity contribution >= 4 is 5.91 Å². The Kier molecular flexibility index (Phi) is 2.78. The van der Waals surface area contributed by atoms with Crippen LogP contribution in [0.5, 0.6) is 0 Å². The van der Waals surface area contributed by atoms with Crippen LogP contribution in [0.1, 0.15) is 46.5 Å². The van der Waals surface area contributed by atoms with Gasteiger partial charge >= 0.3 is 0 Å². The molecule has 1 saturated heterocycles. The van der Waals surface area contributed by atoms with E-state index in [1.165, 1.54) is 25.7 Å². The Labute approximate surface area is 93.0 Å². The van der Waals surface area contributed by atoms with E-state index in [0.717, 1.165) is 19.0 Å². The normalized spacial score (nSPS) is 25.7. The SMILES string of the molecule is CC1CC2(CCN(C(=O)C(C)C)CC2)C1. The number of nitrogens with zero attached hydrogens (tertiary/aromatic N) is 1. The van der Waals surface area contributed by atoms with Gasteiger partial charge in [-0.3, -0.25) is 4.79 Å². The van der Waals surface area contributed by atoms with Crippen molar-refractivity contribution in [1.29, 1.82) is 0 Å². The van der Waals surface area contributed by atoms with E-state index in [9.17, 15) is 4.79 Å². The largest absolute Gasteiger partial charge is 0.342 e. The lowest BCUT2D eigenvalue weighted by Gasteiger charge is -2.51. The summed E-state index contributed by atoms with van der Waals surface area (Å²) in [5.74, 6) is 1.44. The van der Waals surface area contributed by atoms with Gasteiger partial charge in [0, 0.05) is 19.0 Å². The third-order valence-electron chi connectivity index (χ3n) is 4.19. The number of hydrogen-bond acceptors (Lipinski definition) is 1. The third-order valence-corrected chi connectivity index (χ3v) is 4.19. The summed E-state index contributed by atoms with van der Waals surface area (Å²) in [5.41, 5.74) is 0.632. The van der Waals surface area contributed by atoms with Crippen molar-refractivity contribution in [3.8, 4) is 0 Å². The zero-order chi connectivity index (χ0) is 11.1. The predicted octanol–water partition coefficient (Wildman–Crippen LogP) is 2.68. The molecular formula is C13H23NO. The molecule has 1 aliphatic carbocycles. The highest BCUT2D eigenvalue weighted by atomic mass is 16.2. The fourth-order valence-corrected chi connectivity index (χ4v) is 3.39. The van der Waals surface area contributed by atoms with Gasteiger partial charge in [-0.25, -0.2) is 0 Å². The van der Waals surface area contributed by atoms with Gasteiger partial charge in [0.25, 0.3) is 0 Å². The first-order chi connectivity index (χ1) is 7.02. The van der Waals surface area contributed by atoms with Crippen molar-refractivity contribution in [2.45, 2.75) is 46.5 Å². The summed E-state index contributed by atoms with van der Waals surface area (Å²) < 4.78 is 0. The van der Waals surface area contributed by atoms with E-state index < -0.39 is 0 Å². The Morgan fingerprint density at radius 1 is 1.27 bits per heavy atom. The lowest BCUT2D eigenvalue weighted by atomic mass is 9.58. The predicted molar refractivity (Wildman–Crippen MR) is 61.5 cm³/mol. The van der Waals surface area contributed by atoms with Gasteiger partial charge in [0.05, 0.1) is 0 Å². The van der Waals surface area contributed by atoms with Crippen LogP contribution in [0.4, 0.5) is 0 Å². The molecule has 1 amide bonds. The monoisotopic (exact) mass is 209 g/mol.